The fourth-order valence-corrected chi connectivity index (χ4v) is 5.20. The Morgan fingerprint density at radius 1 is 1.08 bits per heavy atom. The predicted molar refractivity (Wildman–Crippen MR) is 136 cm³/mol. The molecule has 2 N–H and O–H groups in total. The zero-order valence-electron chi connectivity index (χ0n) is 20.3. The lowest BCUT2D eigenvalue weighted by Crippen LogP contribution is -2.43. The number of rotatable bonds is 6. The van der Waals surface area contributed by atoms with E-state index in [0.29, 0.717) is 0 Å². The number of anilines is 1. The molecular weight excluding hydrogens is 502 g/mol. The van der Waals surface area contributed by atoms with Gasteiger partial charge in [0.2, 0.25) is 5.91 Å². The first-order chi connectivity index (χ1) is 17.6. The number of nitrogens with zero attached hydrogens (tertiary/aromatic N) is 1. The Bertz CT molecular complexity index is 1530. The van der Waals surface area contributed by atoms with Gasteiger partial charge in [-0.05, 0) is 39.0 Å². The SMILES string of the molecule is CCOC(=O)c1c(N)/c(=C\c2ccccc2F)c2n1C(=O)C(c1ccccc1F)SC=2C(=O)OC(C)C. The van der Waals surface area contributed by atoms with E-state index in [9.17, 15) is 23.2 Å². The van der Waals surface area contributed by atoms with Gasteiger partial charge in [0.15, 0.2) is 5.69 Å². The maximum atomic E-state index is 14.8. The van der Waals surface area contributed by atoms with Gasteiger partial charge < -0.3 is 15.2 Å². The summed E-state index contributed by atoms with van der Waals surface area (Å²) in [7, 11) is 0. The van der Waals surface area contributed by atoms with Gasteiger partial charge >= 0.3 is 11.9 Å². The number of carbonyl (C=O) groups is 3. The lowest BCUT2D eigenvalue weighted by molar-refractivity contribution is -0.139. The number of ether oxygens (including phenoxy) is 2. The van der Waals surface area contributed by atoms with Crippen LogP contribution in [0.25, 0.3) is 11.0 Å². The molecule has 0 saturated heterocycles. The Morgan fingerprint density at radius 3 is 2.35 bits per heavy atom. The molecule has 1 aliphatic heterocycles. The molecule has 7 nitrogen and oxygen atoms in total. The fraction of sp³-hybridized carbons (Fsp3) is 0.222. The third kappa shape index (κ3) is 4.89. The topological polar surface area (TPSA) is 101 Å². The summed E-state index contributed by atoms with van der Waals surface area (Å²) in [6.45, 7) is 4.86. The molecule has 1 aromatic heterocycles. The van der Waals surface area contributed by atoms with Crippen LogP contribution in [0.4, 0.5) is 14.5 Å². The van der Waals surface area contributed by atoms with Crippen LogP contribution in [0.5, 0.6) is 0 Å². The van der Waals surface area contributed by atoms with Crippen molar-refractivity contribution >= 4 is 46.3 Å². The summed E-state index contributed by atoms with van der Waals surface area (Å²) in [6, 6.07) is 11.5. The molecule has 1 atom stereocenters. The van der Waals surface area contributed by atoms with Gasteiger partial charge in [-0.25, -0.2) is 18.4 Å². The highest BCUT2D eigenvalue weighted by molar-refractivity contribution is 8.10. The van der Waals surface area contributed by atoms with Crippen LogP contribution in [-0.4, -0.2) is 35.1 Å². The number of carbonyl (C=O) groups excluding carboxylic acids is 3. The second-order valence-corrected chi connectivity index (χ2v) is 9.50. The summed E-state index contributed by atoms with van der Waals surface area (Å²) >= 11 is 0.786. The Morgan fingerprint density at radius 2 is 1.73 bits per heavy atom. The number of esters is 2. The van der Waals surface area contributed by atoms with Crippen LogP contribution in [-0.2, 0) is 14.3 Å². The number of aromatic nitrogens is 1. The first kappa shape index (κ1) is 26.2. The molecule has 0 bridgehead atoms. The number of thioether (sulfide) groups is 1. The van der Waals surface area contributed by atoms with Crippen molar-refractivity contribution in [2.24, 2.45) is 0 Å². The van der Waals surface area contributed by atoms with E-state index in [-0.39, 0.29) is 44.6 Å². The van der Waals surface area contributed by atoms with Crippen molar-refractivity contribution in [3.8, 4) is 0 Å². The van der Waals surface area contributed by atoms with E-state index in [0.717, 1.165) is 16.3 Å². The van der Waals surface area contributed by atoms with Crippen LogP contribution in [0.2, 0.25) is 0 Å². The van der Waals surface area contributed by atoms with E-state index in [2.05, 4.69) is 0 Å². The molecule has 4 rings (SSSR count). The number of hydrogen-bond acceptors (Lipinski definition) is 7. The maximum Gasteiger partial charge on any atom is 0.357 e. The van der Waals surface area contributed by atoms with E-state index >= 15 is 0 Å². The largest absolute Gasteiger partial charge is 0.461 e. The Balaban J connectivity index is 2.14. The van der Waals surface area contributed by atoms with Crippen LogP contribution in [0.15, 0.2) is 48.5 Å². The summed E-state index contributed by atoms with van der Waals surface area (Å²) in [5, 5.41) is -1.21. The summed E-state index contributed by atoms with van der Waals surface area (Å²) in [4.78, 5) is 40.1. The predicted octanol–water partition coefficient (Wildman–Crippen LogP) is 3.54. The maximum absolute atomic E-state index is 14.8. The minimum Gasteiger partial charge on any atom is -0.461 e. The van der Waals surface area contributed by atoms with Crippen LogP contribution < -0.4 is 16.3 Å². The highest BCUT2D eigenvalue weighted by Crippen LogP contribution is 2.40. The van der Waals surface area contributed by atoms with Gasteiger partial charge in [0, 0.05) is 16.3 Å². The zero-order valence-corrected chi connectivity index (χ0v) is 21.1. The van der Waals surface area contributed by atoms with Crippen molar-refractivity contribution < 1.29 is 32.6 Å². The number of fused-ring (bicyclic) bond motifs is 1. The first-order valence-electron chi connectivity index (χ1n) is 11.5. The molecule has 2 heterocycles. The number of benzene rings is 2. The molecule has 2 aromatic carbocycles. The molecule has 1 aliphatic rings. The second kappa shape index (κ2) is 10.6. The number of halogens is 2. The minimum atomic E-state index is -1.23. The molecule has 37 heavy (non-hydrogen) atoms. The van der Waals surface area contributed by atoms with Crippen molar-refractivity contribution in [1.82, 2.24) is 4.57 Å². The molecule has 0 saturated carbocycles. The first-order valence-corrected chi connectivity index (χ1v) is 12.4. The van der Waals surface area contributed by atoms with Gasteiger partial charge in [-0.2, -0.15) is 0 Å². The summed E-state index contributed by atoms with van der Waals surface area (Å²) in [5.74, 6) is -3.67. The van der Waals surface area contributed by atoms with Crippen LogP contribution >= 0.6 is 11.8 Å². The van der Waals surface area contributed by atoms with Crippen molar-refractivity contribution in [3.63, 3.8) is 0 Å². The van der Waals surface area contributed by atoms with Gasteiger partial charge in [-0.3, -0.25) is 9.36 Å². The molecule has 0 amide bonds. The normalized spacial score (nSPS) is 15.6. The molecule has 10 heteroatoms. The van der Waals surface area contributed by atoms with Gasteiger partial charge in [-0.15, -0.1) is 0 Å². The third-order valence-electron chi connectivity index (χ3n) is 5.53. The van der Waals surface area contributed by atoms with E-state index in [4.69, 9.17) is 15.2 Å². The standard InChI is InChI=1S/C27H24F2N2O5S/c1-4-35-26(33)22-20(30)17(13-15-9-5-7-11-18(15)28)21-24(27(34)36-14(2)3)37-23(25(32)31(21)22)16-10-6-8-12-19(16)29/h5-14,23H,4,30H2,1-3H3/b17-13+. The van der Waals surface area contributed by atoms with Gasteiger partial charge in [0.1, 0.15) is 21.8 Å². The number of nitrogens with two attached hydrogens (primary N) is 1. The van der Waals surface area contributed by atoms with Gasteiger partial charge in [-0.1, -0.05) is 48.2 Å². The third-order valence-corrected chi connectivity index (χ3v) is 6.82. The Kier molecular flexibility index (Phi) is 7.49. The average molecular weight is 527 g/mol. The Hall–Kier alpha value is -3.92. The zero-order chi connectivity index (χ0) is 26.9. The van der Waals surface area contributed by atoms with Crippen molar-refractivity contribution in [3.05, 3.63) is 87.6 Å². The molecule has 0 fully saturated rings. The summed E-state index contributed by atoms with van der Waals surface area (Å²) in [5.41, 5.74) is 5.99. The highest BCUT2D eigenvalue weighted by atomic mass is 32.2. The van der Waals surface area contributed by atoms with Gasteiger partial charge in [0.25, 0.3) is 0 Å². The molecular formula is C27H24F2N2O5S. The molecule has 192 valence electrons. The number of nitrogen functional groups attached to an aromatic ring is 1. The lowest BCUT2D eigenvalue weighted by Gasteiger charge is -2.24. The molecule has 1 unspecified atom stereocenters. The monoisotopic (exact) mass is 526 g/mol. The van der Waals surface area contributed by atoms with E-state index in [1.807, 2.05) is 0 Å². The Labute approximate surface area is 215 Å². The second-order valence-electron chi connectivity index (χ2n) is 8.39. The van der Waals surface area contributed by atoms with E-state index in [1.54, 1.807) is 32.9 Å². The minimum absolute atomic E-state index is 0.0136. The lowest BCUT2D eigenvalue weighted by atomic mass is 10.1. The van der Waals surface area contributed by atoms with Crippen molar-refractivity contribution in [2.75, 3.05) is 12.3 Å². The quantitative estimate of drug-likeness (QED) is 0.491. The smallest absolute Gasteiger partial charge is 0.357 e. The fourth-order valence-electron chi connectivity index (χ4n) is 3.98. The molecule has 0 radical (unpaired) electrons. The van der Waals surface area contributed by atoms with E-state index in [1.165, 1.54) is 42.5 Å². The van der Waals surface area contributed by atoms with E-state index < -0.39 is 40.8 Å². The van der Waals surface area contributed by atoms with Crippen LogP contribution in [0, 0.1) is 11.6 Å². The number of hydrogen-bond donors (Lipinski definition) is 1. The highest BCUT2D eigenvalue weighted by Gasteiger charge is 2.39. The summed E-state index contributed by atoms with van der Waals surface area (Å²) in [6.07, 6.45) is 0.827. The summed E-state index contributed by atoms with van der Waals surface area (Å²) < 4.78 is 40.9. The van der Waals surface area contributed by atoms with Crippen molar-refractivity contribution in [1.29, 1.82) is 0 Å². The molecule has 0 aliphatic carbocycles. The molecule has 3 aromatic rings. The van der Waals surface area contributed by atoms with Crippen LogP contribution in [0.1, 0.15) is 52.4 Å². The molecule has 0 spiro atoms. The van der Waals surface area contributed by atoms with Crippen molar-refractivity contribution in [2.45, 2.75) is 32.1 Å². The van der Waals surface area contributed by atoms with Crippen LogP contribution in [0.3, 0.4) is 0 Å². The average Bonchev–Trinajstić information content (AvgIpc) is 3.13. The van der Waals surface area contributed by atoms with Gasteiger partial charge in [0.05, 0.1) is 23.7 Å².